The van der Waals surface area contributed by atoms with Crippen LogP contribution in [-0.2, 0) is 11.2 Å². The van der Waals surface area contributed by atoms with E-state index in [0.717, 1.165) is 38.8 Å². The van der Waals surface area contributed by atoms with E-state index >= 15 is 0 Å². The second-order valence-electron chi connectivity index (χ2n) is 9.30. The number of nitrogens with zero attached hydrogens (tertiary/aromatic N) is 4. The van der Waals surface area contributed by atoms with Gasteiger partial charge in [0.05, 0.1) is 5.52 Å². The van der Waals surface area contributed by atoms with E-state index in [2.05, 4.69) is 33.4 Å². The Labute approximate surface area is 185 Å². The number of nitrogens with two attached hydrogens (primary N) is 1. The SMILES string of the molecule is CC1c2c(-c3cnc4ccccc4c3)c3c(N)ncnn3c2C[C@H]1NC(=O)OC(C)(C)C. The highest BCUT2D eigenvalue weighted by atomic mass is 16.6. The Balaban J connectivity index is 1.63. The molecule has 1 unspecified atom stereocenters. The van der Waals surface area contributed by atoms with Crippen molar-refractivity contribution in [2.24, 2.45) is 0 Å². The highest BCUT2D eigenvalue weighted by Gasteiger charge is 2.38. The summed E-state index contributed by atoms with van der Waals surface area (Å²) in [5.74, 6) is 0.446. The molecule has 1 aliphatic carbocycles. The van der Waals surface area contributed by atoms with Gasteiger partial charge in [-0.2, -0.15) is 5.10 Å². The van der Waals surface area contributed by atoms with Gasteiger partial charge in [-0.05, 0) is 38.5 Å². The van der Waals surface area contributed by atoms with E-state index in [-0.39, 0.29) is 12.0 Å². The number of nitrogen functional groups attached to an aromatic ring is 1. The zero-order valence-corrected chi connectivity index (χ0v) is 18.6. The Morgan fingerprint density at radius 2 is 2.03 bits per heavy atom. The van der Waals surface area contributed by atoms with Crippen molar-refractivity contribution >= 4 is 28.3 Å². The fourth-order valence-electron chi connectivity index (χ4n) is 4.60. The van der Waals surface area contributed by atoms with Crippen LogP contribution >= 0.6 is 0 Å². The molecule has 2 atom stereocenters. The molecule has 0 radical (unpaired) electrons. The van der Waals surface area contributed by atoms with Crippen molar-refractivity contribution in [1.29, 1.82) is 0 Å². The molecule has 0 aliphatic heterocycles. The standard InChI is InChI=1S/C24H26N6O2/c1-13-17(29-23(31)32-24(2,3)4)10-18-19(13)20(21-22(25)27-12-28-30(18)21)15-9-14-7-5-6-8-16(14)26-11-15/h5-9,11-13,17H,10H2,1-4H3,(H,29,31)(H2,25,27,28)/t13?,17-/m1/s1. The zero-order chi connectivity index (χ0) is 22.6. The normalized spacial score (nSPS) is 18.1. The number of hydrogen-bond donors (Lipinski definition) is 2. The minimum Gasteiger partial charge on any atom is -0.444 e. The lowest BCUT2D eigenvalue weighted by Gasteiger charge is -2.24. The van der Waals surface area contributed by atoms with Gasteiger partial charge in [0.15, 0.2) is 5.82 Å². The Bertz CT molecular complexity index is 1350. The second kappa shape index (κ2) is 7.19. The molecular formula is C24H26N6O2. The highest BCUT2D eigenvalue weighted by molar-refractivity contribution is 5.95. The molecule has 5 rings (SSSR count). The maximum absolute atomic E-state index is 12.5. The van der Waals surface area contributed by atoms with E-state index in [0.29, 0.717) is 12.2 Å². The van der Waals surface area contributed by atoms with Crippen LogP contribution in [0.5, 0.6) is 0 Å². The number of amides is 1. The van der Waals surface area contributed by atoms with Crippen LogP contribution in [-0.4, -0.2) is 37.3 Å². The quantitative estimate of drug-likeness (QED) is 0.496. The number of anilines is 1. The summed E-state index contributed by atoms with van der Waals surface area (Å²) in [7, 11) is 0. The largest absolute Gasteiger partial charge is 0.444 e. The second-order valence-corrected chi connectivity index (χ2v) is 9.30. The Kier molecular flexibility index (Phi) is 4.54. The molecule has 32 heavy (non-hydrogen) atoms. The van der Waals surface area contributed by atoms with Crippen molar-refractivity contribution in [3.63, 3.8) is 0 Å². The first-order chi connectivity index (χ1) is 15.2. The van der Waals surface area contributed by atoms with E-state index in [4.69, 9.17) is 10.5 Å². The number of benzene rings is 1. The molecule has 0 spiro atoms. The van der Waals surface area contributed by atoms with Crippen LogP contribution in [0.25, 0.3) is 27.5 Å². The molecule has 8 nitrogen and oxygen atoms in total. The van der Waals surface area contributed by atoms with Crippen molar-refractivity contribution in [3.05, 3.63) is 54.1 Å². The van der Waals surface area contributed by atoms with Gasteiger partial charge < -0.3 is 15.8 Å². The number of pyridine rings is 1. The third-order valence-corrected chi connectivity index (χ3v) is 5.94. The van der Waals surface area contributed by atoms with Crippen LogP contribution < -0.4 is 11.1 Å². The average molecular weight is 431 g/mol. The fraction of sp³-hybridized carbons (Fsp3) is 0.333. The Morgan fingerprint density at radius 1 is 1.25 bits per heavy atom. The number of nitrogens with one attached hydrogen (secondary N) is 1. The van der Waals surface area contributed by atoms with Gasteiger partial charge in [0.2, 0.25) is 0 Å². The van der Waals surface area contributed by atoms with Gasteiger partial charge in [-0.3, -0.25) is 4.98 Å². The molecule has 8 heteroatoms. The molecule has 164 valence electrons. The number of carbonyl (C=O) groups excluding carboxylic acids is 1. The Morgan fingerprint density at radius 3 is 2.81 bits per heavy atom. The lowest BCUT2D eigenvalue weighted by molar-refractivity contribution is 0.0500. The summed E-state index contributed by atoms with van der Waals surface area (Å²) in [6, 6.07) is 10.0. The van der Waals surface area contributed by atoms with E-state index in [1.165, 1.54) is 6.33 Å². The first-order valence-electron chi connectivity index (χ1n) is 10.7. The summed E-state index contributed by atoms with van der Waals surface area (Å²) in [6.45, 7) is 7.67. The van der Waals surface area contributed by atoms with Gasteiger partial charge in [0.1, 0.15) is 17.4 Å². The number of aromatic nitrogens is 4. The van der Waals surface area contributed by atoms with E-state index in [1.54, 1.807) is 0 Å². The van der Waals surface area contributed by atoms with Gasteiger partial charge in [-0.1, -0.05) is 25.1 Å². The Hall–Kier alpha value is -3.68. The molecule has 0 saturated heterocycles. The van der Waals surface area contributed by atoms with E-state index in [9.17, 15) is 4.79 Å². The fourth-order valence-corrected chi connectivity index (χ4v) is 4.60. The van der Waals surface area contributed by atoms with Gasteiger partial charge in [-0.25, -0.2) is 14.3 Å². The number of carbonyl (C=O) groups is 1. The summed E-state index contributed by atoms with van der Waals surface area (Å²) in [5, 5.41) is 8.58. The molecular weight excluding hydrogens is 404 g/mol. The number of alkyl carbamates (subject to hydrolysis) is 1. The molecule has 1 aliphatic rings. The summed E-state index contributed by atoms with van der Waals surface area (Å²) in [6.07, 6.45) is 3.53. The number of fused-ring (bicyclic) bond motifs is 4. The van der Waals surface area contributed by atoms with Gasteiger partial charge in [0.25, 0.3) is 0 Å². The smallest absolute Gasteiger partial charge is 0.407 e. The van der Waals surface area contributed by atoms with Crippen LogP contribution in [0.2, 0.25) is 0 Å². The zero-order valence-electron chi connectivity index (χ0n) is 18.6. The van der Waals surface area contributed by atoms with Crippen molar-refractivity contribution in [2.75, 3.05) is 5.73 Å². The minimum absolute atomic E-state index is 0.0279. The van der Waals surface area contributed by atoms with Gasteiger partial charge >= 0.3 is 6.09 Å². The van der Waals surface area contributed by atoms with Crippen LogP contribution in [0.1, 0.15) is 44.9 Å². The third-order valence-electron chi connectivity index (χ3n) is 5.94. The first-order valence-corrected chi connectivity index (χ1v) is 10.7. The van der Waals surface area contributed by atoms with Crippen LogP contribution in [0.15, 0.2) is 42.9 Å². The maximum Gasteiger partial charge on any atom is 0.407 e. The van der Waals surface area contributed by atoms with Crippen molar-refractivity contribution in [2.45, 2.75) is 51.7 Å². The summed E-state index contributed by atoms with van der Waals surface area (Å²) in [4.78, 5) is 21.3. The van der Waals surface area contributed by atoms with Crippen LogP contribution in [0.3, 0.4) is 0 Å². The third kappa shape index (κ3) is 3.32. The highest BCUT2D eigenvalue weighted by Crippen LogP contribution is 2.45. The van der Waals surface area contributed by atoms with E-state index < -0.39 is 11.7 Å². The molecule has 3 N–H and O–H groups in total. The lowest BCUT2D eigenvalue weighted by atomic mass is 9.94. The predicted octanol–water partition coefficient (Wildman–Crippen LogP) is 4.08. The topological polar surface area (TPSA) is 107 Å². The summed E-state index contributed by atoms with van der Waals surface area (Å²) in [5.41, 5.74) is 11.5. The number of para-hydroxylation sites is 1. The molecule has 3 heterocycles. The van der Waals surface area contributed by atoms with Gasteiger partial charge in [-0.15, -0.1) is 0 Å². The first kappa shape index (κ1) is 20.2. The monoisotopic (exact) mass is 430 g/mol. The molecule has 0 fully saturated rings. The van der Waals surface area contributed by atoms with Crippen molar-refractivity contribution in [3.8, 4) is 11.1 Å². The number of rotatable bonds is 2. The van der Waals surface area contributed by atoms with E-state index in [1.807, 2.05) is 55.7 Å². The van der Waals surface area contributed by atoms with Crippen molar-refractivity contribution in [1.82, 2.24) is 24.9 Å². The summed E-state index contributed by atoms with van der Waals surface area (Å²) >= 11 is 0. The van der Waals surface area contributed by atoms with Gasteiger partial charge in [0, 0.05) is 46.8 Å². The summed E-state index contributed by atoms with van der Waals surface area (Å²) < 4.78 is 7.34. The average Bonchev–Trinajstić information content (AvgIpc) is 3.22. The molecule has 1 aromatic carbocycles. The number of ether oxygens (including phenoxy) is 1. The molecule has 0 bridgehead atoms. The lowest BCUT2D eigenvalue weighted by Crippen LogP contribution is -2.40. The van der Waals surface area contributed by atoms with Crippen LogP contribution in [0, 0.1) is 0 Å². The van der Waals surface area contributed by atoms with Crippen molar-refractivity contribution < 1.29 is 9.53 Å². The molecule has 4 aromatic rings. The molecule has 0 saturated carbocycles. The molecule has 1 amide bonds. The molecule has 3 aromatic heterocycles. The predicted molar refractivity (Wildman–Crippen MR) is 123 cm³/mol. The minimum atomic E-state index is -0.556. The van der Waals surface area contributed by atoms with Crippen LogP contribution in [0.4, 0.5) is 10.6 Å². The number of hydrogen-bond acceptors (Lipinski definition) is 6. The maximum atomic E-state index is 12.5.